The quantitative estimate of drug-likeness (QED) is 0.817. The molecule has 1 heterocycles. The standard InChI is InChI=1S/C15H27NO3/c1-10(2)14-13(7-8-19-14)15(18)16-12-5-3-11(9-17)4-6-12/h10-14,17H,3-9H2,1-2H3,(H,16,18). The van der Waals surface area contributed by atoms with Crippen molar-refractivity contribution in [3.8, 4) is 0 Å². The molecule has 2 rings (SSSR count). The molecule has 0 aromatic rings. The van der Waals surface area contributed by atoms with E-state index in [-0.39, 0.29) is 24.5 Å². The van der Waals surface area contributed by atoms with Crippen LogP contribution >= 0.6 is 0 Å². The average Bonchev–Trinajstić information content (AvgIpc) is 2.89. The van der Waals surface area contributed by atoms with Gasteiger partial charge in [0.1, 0.15) is 0 Å². The number of nitrogens with one attached hydrogen (secondary N) is 1. The maximum Gasteiger partial charge on any atom is 0.226 e. The van der Waals surface area contributed by atoms with Crippen molar-refractivity contribution in [1.29, 1.82) is 0 Å². The lowest BCUT2D eigenvalue weighted by Gasteiger charge is -2.30. The number of rotatable bonds is 4. The molecule has 2 aliphatic rings. The Balaban J connectivity index is 1.81. The van der Waals surface area contributed by atoms with E-state index in [9.17, 15) is 4.79 Å². The molecule has 0 bridgehead atoms. The topological polar surface area (TPSA) is 58.6 Å². The SMILES string of the molecule is CC(C)C1OCCC1C(=O)NC1CCC(CO)CC1. The molecule has 1 saturated carbocycles. The summed E-state index contributed by atoms with van der Waals surface area (Å²) in [6.45, 7) is 5.22. The van der Waals surface area contributed by atoms with E-state index >= 15 is 0 Å². The van der Waals surface area contributed by atoms with Crippen LogP contribution in [0.4, 0.5) is 0 Å². The first kappa shape index (κ1) is 14.8. The summed E-state index contributed by atoms with van der Waals surface area (Å²) in [6.07, 6.45) is 4.97. The molecule has 2 N–H and O–H groups in total. The van der Waals surface area contributed by atoms with Gasteiger partial charge < -0.3 is 15.2 Å². The Labute approximate surface area is 115 Å². The van der Waals surface area contributed by atoms with Crippen molar-refractivity contribution in [2.75, 3.05) is 13.2 Å². The number of ether oxygens (including phenoxy) is 1. The second-order valence-electron chi connectivity index (χ2n) is 6.38. The normalized spacial score (nSPS) is 35.6. The van der Waals surface area contributed by atoms with Crippen LogP contribution in [0, 0.1) is 17.8 Å². The number of aliphatic hydroxyl groups is 1. The van der Waals surface area contributed by atoms with Crippen LogP contribution in [0.25, 0.3) is 0 Å². The summed E-state index contributed by atoms with van der Waals surface area (Å²) in [4.78, 5) is 12.3. The third-order valence-electron chi connectivity index (χ3n) is 4.58. The largest absolute Gasteiger partial charge is 0.396 e. The average molecular weight is 269 g/mol. The lowest BCUT2D eigenvalue weighted by Crippen LogP contribution is -2.44. The third-order valence-corrected chi connectivity index (χ3v) is 4.58. The number of amides is 1. The lowest BCUT2D eigenvalue weighted by atomic mass is 9.85. The molecule has 2 fully saturated rings. The number of aliphatic hydroxyl groups excluding tert-OH is 1. The number of carbonyl (C=O) groups is 1. The van der Waals surface area contributed by atoms with Gasteiger partial charge in [-0.2, -0.15) is 0 Å². The zero-order valence-electron chi connectivity index (χ0n) is 12.1. The maximum atomic E-state index is 12.3. The second-order valence-corrected chi connectivity index (χ2v) is 6.38. The minimum absolute atomic E-state index is 0.0237. The smallest absolute Gasteiger partial charge is 0.226 e. The Morgan fingerprint density at radius 2 is 1.95 bits per heavy atom. The predicted molar refractivity (Wildman–Crippen MR) is 73.7 cm³/mol. The van der Waals surface area contributed by atoms with Crippen LogP contribution < -0.4 is 5.32 Å². The van der Waals surface area contributed by atoms with Gasteiger partial charge in [-0.15, -0.1) is 0 Å². The Kier molecular flexibility index (Phi) is 5.22. The van der Waals surface area contributed by atoms with Gasteiger partial charge in [-0.25, -0.2) is 0 Å². The van der Waals surface area contributed by atoms with Gasteiger partial charge in [-0.1, -0.05) is 13.8 Å². The zero-order valence-corrected chi connectivity index (χ0v) is 12.1. The molecular formula is C15H27NO3. The molecule has 1 saturated heterocycles. The van der Waals surface area contributed by atoms with E-state index in [1.54, 1.807) is 0 Å². The molecule has 1 aliphatic carbocycles. The highest BCUT2D eigenvalue weighted by Crippen LogP contribution is 2.28. The fraction of sp³-hybridized carbons (Fsp3) is 0.933. The Hall–Kier alpha value is -0.610. The number of carbonyl (C=O) groups excluding carboxylic acids is 1. The first-order chi connectivity index (χ1) is 9.11. The Morgan fingerprint density at radius 3 is 2.53 bits per heavy atom. The molecule has 0 aromatic carbocycles. The van der Waals surface area contributed by atoms with Gasteiger partial charge >= 0.3 is 0 Å². The molecule has 4 heteroatoms. The van der Waals surface area contributed by atoms with E-state index in [1.807, 2.05) is 0 Å². The molecule has 1 aliphatic heterocycles. The van der Waals surface area contributed by atoms with Gasteiger partial charge in [-0.05, 0) is 43.9 Å². The Morgan fingerprint density at radius 1 is 1.26 bits per heavy atom. The van der Waals surface area contributed by atoms with E-state index in [1.165, 1.54) is 0 Å². The zero-order chi connectivity index (χ0) is 13.8. The molecule has 1 amide bonds. The molecule has 0 aromatic heterocycles. The lowest BCUT2D eigenvalue weighted by molar-refractivity contribution is -0.128. The van der Waals surface area contributed by atoms with Crippen molar-refractivity contribution in [3.63, 3.8) is 0 Å². The minimum atomic E-state index is 0.0237. The van der Waals surface area contributed by atoms with E-state index in [0.717, 1.165) is 32.1 Å². The highest BCUT2D eigenvalue weighted by molar-refractivity contribution is 5.79. The summed E-state index contributed by atoms with van der Waals surface area (Å²) in [5.74, 6) is 1.02. The predicted octanol–water partition coefficient (Wildman–Crippen LogP) is 1.71. The van der Waals surface area contributed by atoms with Crippen molar-refractivity contribution >= 4 is 5.91 Å². The van der Waals surface area contributed by atoms with Crippen molar-refractivity contribution in [1.82, 2.24) is 5.32 Å². The van der Waals surface area contributed by atoms with Gasteiger partial charge in [0, 0.05) is 19.3 Å². The number of hydrogen-bond donors (Lipinski definition) is 2. The maximum absolute atomic E-state index is 12.3. The monoisotopic (exact) mass is 269 g/mol. The molecule has 2 unspecified atom stereocenters. The summed E-state index contributed by atoms with van der Waals surface area (Å²) in [6, 6.07) is 0.295. The van der Waals surface area contributed by atoms with Crippen LogP contribution in [-0.2, 0) is 9.53 Å². The van der Waals surface area contributed by atoms with Gasteiger partial charge in [-0.3, -0.25) is 4.79 Å². The Bertz CT molecular complexity index is 298. The van der Waals surface area contributed by atoms with Crippen LogP contribution in [0.5, 0.6) is 0 Å². The van der Waals surface area contributed by atoms with Crippen LogP contribution in [0.3, 0.4) is 0 Å². The molecule has 4 nitrogen and oxygen atoms in total. The van der Waals surface area contributed by atoms with Gasteiger partial charge in [0.05, 0.1) is 12.0 Å². The third kappa shape index (κ3) is 3.69. The molecular weight excluding hydrogens is 242 g/mol. The van der Waals surface area contributed by atoms with Gasteiger partial charge in [0.15, 0.2) is 0 Å². The molecule has 110 valence electrons. The van der Waals surface area contributed by atoms with Gasteiger partial charge in [0.2, 0.25) is 5.91 Å². The fourth-order valence-corrected chi connectivity index (χ4v) is 3.35. The van der Waals surface area contributed by atoms with Crippen molar-refractivity contribution in [3.05, 3.63) is 0 Å². The molecule has 0 spiro atoms. The molecule has 19 heavy (non-hydrogen) atoms. The summed E-state index contributed by atoms with van der Waals surface area (Å²) in [5.41, 5.74) is 0. The summed E-state index contributed by atoms with van der Waals surface area (Å²) < 4.78 is 5.68. The van der Waals surface area contributed by atoms with Crippen molar-refractivity contribution < 1.29 is 14.6 Å². The van der Waals surface area contributed by atoms with E-state index in [2.05, 4.69) is 19.2 Å². The van der Waals surface area contributed by atoms with E-state index in [4.69, 9.17) is 9.84 Å². The summed E-state index contributed by atoms with van der Waals surface area (Å²) >= 11 is 0. The highest BCUT2D eigenvalue weighted by Gasteiger charge is 2.36. The number of hydrogen-bond acceptors (Lipinski definition) is 3. The fourth-order valence-electron chi connectivity index (χ4n) is 3.35. The highest BCUT2D eigenvalue weighted by atomic mass is 16.5. The van der Waals surface area contributed by atoms with E-state index < -0.39 is 0 Å². The van der Waals surface area contributed by atoms with Crippen LogP contribution in [0.2, 0.25) is 0 Å². The van der Waals surface area contributed by atoms with Crippen LogP contribution in [-0.4, -0.2) is 36.4 Å². The van der Waals surface area contributed by atoms with E-state index in [0.29, 0.717) is 24.5 Å². The summed E-state index contributed by atoms with van der Waals surface area (Å²) in [7, 11) is 0. The summed E-state index contributed by atoms with van der Waals surface area (Å²) in [5, 5.41) is 12.3. The minimum Gasteiger partial charge on any atom is -0.396 e. The van der Waals surface area contributed by atoms with Crippen molar-refractivity contribution in [2.24, 2.45) is 17.8 Å². The van der Waals surface area contributed by atoms with Crippen LogP contribution in [0.1, 0.15) is 46.0 Å². The molecule has 0 radical (unpaired) electrons. The van der Waals surface area contributed by atoms with Crippen molar-refractivity contribution in [2.45, 2.75) is 58.1 Å². The van der Waals surface area contributed by atoms with Crippen LogP contribution in [0.15, 0.2) is 0 Å². The molecule has 2 atom stereocenters. The first-order valence-corrected chi connectivity index (χ1v) is 7.64. The van der Waals surface area contributed by atoms with Gasteiger partial charge in [0.25, 0.3) is 0 Å². The first-order valence-electron chi connectivity index (χ1n) is 7.64. The second kappa shape index (κ2) is 6.71.